The number of fused-ring (bicyclic) bond motifs is 1. The number of rotatable bonds is 3. The van der Waals surface area contributed by atoms with Crippen LogP contribution in [0.25, 0.3) is 0 Å². The lowest BCUT2D eigenvalue weighted by Gasteiger charge is -2.29. The van der Waals surface area contributed by atoms with Crippen LogP contribution in [0.15, 0.2) is 18.2 Å². The number of methoxy groups -OCH3 is 1. The van der Waals surface area contributed by atoms with E-state index in [2.05, 4.69) is 12.1 Å². The fraction of sp³-hybridized carbons (Fsp3) is 0.571. The first-order chi connectivity index (χ1) is 7.76. The Balaban J connectivity index is 2.32. The highest BCUT2D eigenvalue weighted by Gasteiger charge is 2.25. The summed E-state index contributed by atoms with van der Waals surface area (Å²) in [5.74, 6) is 1.24. The number of ether oxygens (including phenoxy) is 1. The van der Waals surface area contributed by atoms with Crippen LogP contribution in [0, 0.1) is 0 Å². The topological polar surface area (TPSA) is 29.5 Å². The van der Waals surface area contributed by atoms with Crippen LogP contribution in [-0.2, 0) is 6.42 Å². The van der Waals surface area contributed by atoms with E-state index in [9.17, 15) is 5.11 Å². The Labute approximate surface area is 97.3 Å². The molecule has 0 heterocycles. The minimum absolute atomic E-state index is 0.201. The second-order valence-corrected chi connectivity index (χ2v) is 4.54. The first-order valence-corrected chi connectivity index (χ1v) is 6.11. The van der Waals surface area contributed by atoms with Gasteiger partial charge < -0.3 is 9.84 Å². The lowest BCUT2D eigenvalue weighted by Crippen LogP contribution is -2.22. The summed E-state index contributed by atoms with van der Waals surface area (Å²) in [7, 11) is 1.70. The molecule has 1 aromatic rings. The fourth-order valence-corrected chi connectivity index (χ4v) is 2.64. The van der Waals surface area contributed by atoms with E-state index in [0.717, 1.165) is 25.0 Å². The van der Waals surface area contributed by atoms with Gasteiger partial charge in [-0.05, 0) is 48.9 Å². The van der Waals surface area contributed by atoms with Gasteiger partial charge in [0.15, 0.2) is 0 Å². The van der Waals surface area contributed by atoms with E-state index in [1.54, 1.807) is 7.11 Å². The molecule has 1 aliphatic rings. The zero-order chi connectivity index (χ0) is 11.5. The molecule has 0 radical (unpaired) electrons. The van der Waals surface area contributed by atoms with E-state index in [-0.39, 0.29) is 6.10 Å². The van der Waals surface area contributed by atoms with Gasteiger partial charge in [0.05, 0.1) is 13.2 Å². The number of benzene rings is 1. The van der Waals surface area contributed by atoms with Crippen molar-refractivity contribution in [3.8, 4) is 5.75 Å². The van der Waals surface area contributed by atoms with E-state index in [1.165, 1.54) is 17.5 Å². The van der Waals surface area contributed by atoms with Crippen LogP contribution in [-0.4, -0.2) is 18.3 Å². The summed E-state index contributed by atoms with van der Waals surface area (Å²) in [5.41, 5.74) is 2.67. The van der Waals surface area contributed by atoms with Crippen LogP contribution < -0.4 is 4.74 Å². The summed E-state index contributed by atoms with van der Waals surface area (Å²) < 4.78 is 5.24. The Morgan fingerprint density at radius 3 is 3.00 bits per heavy atom. The second-order valence-electron chi connectivity index (χ2n) is 4.54. The van der Waals surface area contributed by atoms with Gasteiger partial charge in [0.2, 0.25) is 0 Å². The monoisotopic (exact) mass is 220 g/mol. The van der Waals surface area contributed by atoms with Crippen LogP contribution in [0.2, 0.25) is 0 Å². The predicted molar refractivity (Wildman–Crippen MR) is 65.0 cm³/mol. The maximum Gasteiger partial charge on any atom is 0.119 e. The molecule has 1 aromatic carbocycles. The Bertz CT molecular complexity index is 360. The summed E-state index contributed by atoms with van der Waals surface area (Å²) in [6, 6.07) is 6.24. The van der Waals surface area contributed by atoms with Gasteiger partial charge in [0.1, 0.15) is 5.75 Å². The maximum absolute atomic E-state index is 10.0. The van der Waals surface area contributed by atoms with E-state index in [1.807, 2.05) is 13.0 Å². The average Bonchev–Trinajstić information content (AvgIpc) is 2.36. The van der Waals surface area contributed by atoms with Gasteiger partial charge >= 0.3 is 0 Å². The Morgan fingerprint density at radius 2 is 2.31 bits per heavy atom. The molecule has 2 heteroatoms. The van der Waals surface area contributed by atoms with Crippen LogP contribution in [0.4, 0.5) is 0 Å². The quantitative estimate of drug-likeness (QED) is 0.848. The summed E-state index contributed by atoms with van der Waals surface area (Å²) in [6.07, 6.45) is 4.01. The smallest absolute Gasteiger partial charge is 0.119 e. The molecule has 0 spiro atoms. The molecular weight excluding hydrogens is 200 g/mol. The Hall–Kier alpha value is -1.02. The highest BCUT2D eigenvalue weighted by atomic mass is 16.5. The average molecular weight is 220 g/mol. The molecule has 2 rings (SSSR count). The third kappa shape index (κ3) is 2.07. The molecule has 1 aliphatic carbocycles. The van der Waals surface area contributed by atoms with Gasteiger partial charge in [0, 0.05) is 5.92 Å². The number of hydrogen-bond donors (Lipinski definition) is 1. The van der Waals surface area contributed by atoms with Gasteiger partial charge in [-0.15, -0.1) is 0 Å². The van der Waals surface area contributed by atoms with Gasteiger partial charge in [-0.2, -0.15) is 0 Å². The minimum Gasteiger partial charge on any atom is -0.497 e. The summed E-state index contributed by atoms with van der Waals surface area (Å²) in [6.45, 7) is 2.04. The Kier molecular flexibility index (Phi) is 3.49. The molecule has 0 aromatic heterocycles. The molecular formula is C14H20O2. The fourth-order valence-electron chi connectivity index (χ4n) is 2.64. The first-order valence-electron chi connectivity index (χ1n) is 6.11. The van der Waals surface area contributed by atoms with Crippen molar-refractivity contribution in [2.45, 2.75) is 44.6 Å². The number of aliphatic hydroxyl groups is 1. The van der Waals surface area contributed by atoms with Crippen molar-refractivity contribution >= 4 is 0 Å². The molecule has 0 aliphatic heterocycles. The molecule has 16 heavy (non-hydrogen) atoms. The molecule has 2 unspecified atom stereocenters. The van der Waals surface area contributed by atoms with Crippen molar-refractivity contribution in [2.24, 2.45) is 0 Å². The molecule has 0 saturated carbocycles. The molecule has 2 atom stereocenters. The summed E-state index contributed by atoms with van der Waals surface area (Å²) >= 11 is 0. The number of aliphatic hydroxyl groups excluding tert-OH is 1. The highest BCUT2D eigenvalue weighted by Crippen LogP contribution is 2.36. The second kappa shape index (κ2) is 4.88. The third-order valence-corrected chi connectivity index (χ3v) is 3.59. The van der Waals surface area contributed by atoms with Crippen molar-refractivity contribution < 1.29 is 9.84 Å². The first kappa shape index (κ1) is 11.5. The predicted octanol–water partition coefficient (Wildman–Crippen LogP) is 2.89. The number of hydrogen-bond acceptors (Lipinski definition) is 2. The van der Waals surface area contributed by atoms with Crippen LogP contribution in [0.5, 0.6) is 5.75 Å². The summed E-state index contributed by atoms with van der Waals surface area (Å²) in [4.78, 5) is 0. The largest absolute Gasteiger partial charge is 0.497 e. The molecule has 2 nitrogen and oxygen atoms in total. The van der Waals surface area contributed by atoms with Crippen LogP contribution in [0.1, 0.15) is 43.2 Å². The molecule has 1 N–H and O–H groups in total. The van der Waals surface area contributed by atoms with E-state index in [0.29, 0.717) is 5.92 Å². The standard InChI is InChI=1S/C14H20O2/c1-3-14(15)13-6-4-5-10-9-11(16-2)7-8-12(10)13/h7-9,13-15H,3-6H2,1-2H3. The lowest BCUT2D eigenvalue weighted by molar-refractivity contribution is 0.130. The summed E-state index contributed by atoms with van der Waals surface area (Å²) in [5, 5.41) is 10.0. The van der Waals surface area contributed by atoms with Gasteiger partial charge in [-0.3, -0.25) is 0 Å². The third-order valence-electron chi connectivity index (χ3n) is 3.59. The molecule has 0 bridgehead atoms. The SMILES string of the molecule is CCC(O)C1CCCc2cc(OC)ccc21. The lowest BCUT2D eigenvalue weighted by atomic mass is 9.79. The van der Waals surface area contributed by atoms with E-state index in [4.69, 9.17) is 4.74 Å². The van der Waals surface area contributed by atoms with Gasteiger partial charge in [-0.25, -0.2) is 0 Å². The maximum atomic E-state index is 10.0. The zero-order valence-corrected chi connectivity index (χ0v) is 10.1. The van der Waals surface area contributed by atoms with Crippen molar-refractivity contribution in [3.63, 3.8) is 0 Å². The molecule has 0 fully saturated rings. The van der Waals surface area contributed by atoms with Crippen molar-refractivity contribution in [1.82, 2.24) is 0 Å². The minimum atomic E-state index is -0.201. The Morgan fingerprint density at radius 1 is 1.50 bits per heavy atom. The van der Waals surface area contributed by atoms with Gasteiger partial charge in [-0.1, -0.05) is 13.0 Å². The molecule has 0 saturated heterocycles. The molecule has 0 amide bonds. The zero-order valence-electron chi connectivity index (χ0n) is 10.1. The van der Waals surface area contributed by atoms with Crippen molar-refractivity contribution in [3.05, 3.63) is 29.3 Å². The van der Waals surface area contributed by atoms with Crippen molar-refractivity contribution in [1.29, 1.82) is 0 Å². The van der Waals surface area contributed by atoms with E-state index < -0.39 is 0 Å². The normalized spacial score (nSPS) is 21.3. The van der Waals surface area contributed by atoms with Crippen LogP contribution >= 0.6 is 0 Å². The van der Waals surface area contributed by atoms with Crippen LogP contribution in [0.3, 0.4) is 0 Å². The van der Waals surface area contributed by atoms with E-state index >= 15 is 0 Å². The van der Waals surface area contributed by atoms with Gasteiger partial charge in [0.25, 0.3) is 0 Å². The highest BCUT2D eigenvalue weighted by molar-refractivity contribution is 5.39. The van der Waals surface area contributed by atoms with Crippen molar-refractivity contribution in [2.75, 3.05) is 7.11 Å². The number of aryl methyl sites for hydroxylation is 1. The molecule has 88 valence electrons.